The van der Waals surface area contributed by atoms with Crippen LogP contribution in [0.3, 0.4) is 0 Å². The number of benzene rings is 2. The largest absolute Gasteiger partial charge is 0.505 e. The van der Waals surface area contributed by atoms with Crippen molar-refractivity contribution in [1.82, 2.24) is 3.97 Å². The molecule has 1 aromatic heterocycles. The maximum atomic E-state index is 13.4. The maximum absolute atomic E-state index is 13.4. The summed E-state index contributed by atoms with van der Waals surface area (Å²) in [5.41, 5.74) is 1.23. The lowest BCUT2D eigenvalue weighted by Crippen LogP contribution is -2.15. The molecule has 25 heavy (non-hydrogen) atoms. The summed E-state index contributed by atoms with van der Waals surface area (Å²) in [5, 5.41) is 11.5. The molecule has 4 rings (SSSR count). The van der Waals surface area contributed by atoms with Crippen LogP contribution in [0.25, 0.3) is 10.9 Å². The molecule has 8 heteroatoms. The van der Waals surface area contributed by atoms with Crippen LogP contribution in [0.15, 0.2) is 45.8 Å². The Kier molecular flexibility index (Phi) is 4.07. The van der Waals surface area contributed by atoms with Crippen molar-refractivity contribution in [2.24, 2.45) is 0 Å². The van der Waals surface area contributed by atoms with Gasteiger partial charge in [0.2, 0.25) is 0 Å². The quantitative estimate of drug-likeness (QED) is 0.558. The third-order valence-electron chi connectivity index (χ3n) is 4.25. The van der Waals surface area contributed by atoms with E-state index in [1.807, 2.05) is 6.07 Å². The van der Waals surface area contributed by atoms with Gasteiger partial charge in [0, 0.05) is 26.5 Å². The Hall–Kier alpha value is -1.21. The molecule has 0 radical (unpaired) electrons. The summed E-state index contributed by atoms with van der Waals surface area (Å²) in [6.07, 6.45) is 1.87. The second-order valence-corrected chi connectivity index (χ2v) is 9.56. The van der Waals surface area contributed by atoms with Gasteiger partial charge >= 0.3 is 0 Å². The van der Waals surface area contributed by atoms with E-state index in [0.717, 1.165) is 18.2 Å². The zero-order chi connectivity index (χ0) is 17.9. The number of aromatic hydroxyl groups is 1. The van der Waals surface area contributed by atoms with Crippen molar-refractivity contribution in [3.63, 3.8) is 0 Å². The van der Waals surface area contributed by atoms with Crippen molar-refractivity contribution < 1.29 is 13.5 Å². The van der Waals surface area contributed by atoms with Crippen LogP contribution in [0.2, 0.25) is 10.0 Å². The lowest BCUT2D eigenvalue weighted by molar-refractivity contribution is 0.458. The summed E-state index contributed by atoms with van der Waals surface area (Å²) < 4.78 is 28.5. The summed E-state index contributed by atoms with van der Waals surface area (Å²) in [5.74, 6) is -0.270. The average molecular weight is 461 g/mol. The Balaban J connectivity index is 2.05. The maximum Gasteiger partial charge on any atom is 0.272 e. The van der Waals surface area contributed by atoms with Crippen molar-refractivity contribution in [2.45, 2.75) is 23.7 Å². The lowest BCUT2D eigenvalue weighted by atomic mass is 10.2. The number of halogens is 3. The van der Waals surface area contributed by atoms with E-state index in [0.29, 0.717) is 20.7 Å². The molecule has 2 aromatic carbocycles. The van der Waals surface area contributed by atoms with Crippen molar-refractivity contribution >= 4 is 60.1 Å². The molecule has 1 aliphatic carbocycles. The molecule has 1 aliphatic rings. The van der Waals surface area contributed by atoms with Gasteiger partial charge in [0.1, 0.15) is 4.90 Å². The molecule has 0 amide bonds. The van der Waals surface area contributed by atoms with Gasteiger partial charge in [-0.3, -0.25) is 0 Å². The minimum Gasteiger partial charge on any atom is -0.505 e. The number of hydrogen-bond donors (Lipinski definition) is 1. The second-order valence-electron chi connectivity index (χ2n) is 6.05. The van der Waals surface area contributed by atoms with Crippen LogP contribution in [0.4, 0.5) is 0 Å². The van der Waals surface area contributed by atoms with E-state index in [2.05, 4.69) is 15.9 Å². The van der Waals surface area contributed by atoms with E-state index in [-0.39, 0.29) is 15.8 Å². The van der Waals surface area contributed by atoms with Gasteiger partial charge in [-0.2, -0.15) is 0 Å². The van der Waals surface area contributed by atoms with E-state index in [1.54, 1.807) is 18.2 Å². The Morgan fingerprint density at radius 1 is 1.12 bits per heavy atom. The first kappa shape index (κ1) is 17.2. The summed E-state index contributed by atoms with van der Waals surface area (Å²) >= 11 is 15.3. The third-order valence-corrected chi connectivity index (χ3v) is 6.99. The van der Waals surface area contributed by atoms with E-state index < -0.39 is 15.8 Å². The zero-order valence-corrected chi connectivity index (χ0v) is 16.6. The Bertz CT molecular complexity index is 1120. The smallest absolute Gasteiger partial charge is 0.272 e. The molecule has 1 heterocycles. The molecular formula is C17H12BrCl2NO3S. The Morgan fingerprint density at radius 2 is 1.84 bits per heavy atom. The molecule has 0 aliphatic heterocycles. The summed E-state index contributed by atoms with van der Waals surface area (Å²) in [7, 11) is -4.04. The van der Waals surface area contributed by atoms with E-state index in [4.69, 9.17) is 23.2 Å². The molecule has 3 aromatic rings. The van der Waals surface area contributed by atoms with Gasteiger partial charge in [-0.15, -0.1) is 0 Å². The van der Waals surface area contributed by atoms with Crippen LogP contribution >= 0.6 is 39.1 Å². The van der Waals surface area contributed by atoms with Crippen LogP contribution < -0.4 is 0 Å². The number of fused-ring (bicyclic) bond motifs is 1. The van der Waals surface area contributed by atoms with Crippen molar-refractivity contribution in [3.05, 3.63) is 56.6 Å². The second kappa shape index (κ2) is 5.91. The van der Waals surface area contributed by atoms with Gasteiger partial charge in [-0.25, -0.2) is 12.4 Å². The number of phenolic OH excluding ortho intramolecular Hbond substituents is 1. The molecule has 0 unspecified atom stereocenters. The van der Waals surface area contributed by atoms with E-state index in [9.17, 15) is 13.5 Å². The van der Waals surface area contributed by atoms with Gasteiger partial charge in [0.25, 0.3) is 10.0 Å². The highest BCUT2D eigenvalue weighted by Gasteiger charge is 2.34. The van der Waals surface area contributed by atoms with Gasteiger partial charge in [0.05, 0.1) is 10.5 Å². The zero-order valence-electron chi connectivity index (χ0n) is 12.7. The van der Waals surface area contributed by atoms with Crippen LogP contribution in [0.1, 0.15) is 24.5 Å². The normalized spacial score (nSPS) is 15.0. The molecule has 130 valence electrons. The Labute approximate surface area is 163 Å². The average Bonchev–Trinajstić information content (AvgIpc) is 3.31. The van der Waals surface area contributed by atoms with Gasteiger partial charge in [0.15, 0.2) is 5.75 Å². The summed E-state index contributed by atoms with van der Waals surface area (Å²) in [4.78, 5) is -0.235. The highest BCUT2D eigenvalue weighted by atomic mass is 79.9. The van der Waals surface area contributed by atoms with Gasteiger partial charge in [-0.1, -0.05) is 39.1 Å². The van der Waals surface area contributed by atoms with Crippen molar-refractivity contribution in [1.29, 1.82) is 0 Å². The number of aromatic nitrogens is 1. The fourth-order valence-electron chi connectivity index (χ4n) is 2.95. The molecule has 4 nitrogen and oxygen atoms in total. The molecule has 0 bridgehead atoms. The molecular weight excluding hydrogens is 449 g/mol. The molecule has 0 saturated heterocycles. The number of phenols is 1. The molecule has 0 spiro atoms. The number of rotatable bonds is 3. The molecule has 1 fully saturated rings. The van der Waals surface area contributed by atoms with Crippen molar-refractivity contribution in [3.8, 4) is 5.75 Å². The molecule has 1 saturated carbocycles. The summed E-state index contributed by atoms with van der Waals surface area (Å²) in [6.45, 7) is 0. The first-order valence-electron chi connectivity index (χ1n) is 7.53. The topological polar surface area (TPSA) is 59.3 Å². The fourth-order valence-corrected chi connectivity index (χ4v) is 5.88. The molecule has 0 atom stereocenters. The van der Waals surface area contributed by atoms with Crippen LogP contribution in [-0.4, -0.2) is 17.5 Å². The standard InChI is InChI=1S/C17H12BrCl2NO3S/c18-11-7-13(20)17(22)16(8-11)25(23,24)21-14-4-3-12(19)5-10(14)6-15(21)9-1-2-9/h3-9,22H,1-2H2. The Morgan fingerprint density at radius 3 is 2.52 bits per heavy atom. The predicted octanol–water partition coefficient (Wildman–Crippen LogP) is 5.53. The van der Waals surface area contributed by atoms with E-state index in [1.165, 1.54) is 16.1 Å². The molecule has 1 N–H and O–H groups in total. The lowest BCUT2D eigenvalue weighted by Gasteiger charge is -2.14. The van der Waals surface area contributed by atoms with E-state index >= 15 is 0 Å². The van der Waals surface area contributed by atoms with Gasteiger partial charge < -0.3 is 5.11 Å². The first-order chi connectivity index (χ1) is 11.8. The van der Waals surface area contributed by atoms with Crippen LogP contribution in [0.5, 0.6) is 5.75 Å². The minimum absolute atomic E-state index is 0.0274. The number of nitrogens with zero attached hydrogens (tertiary/aromatic N) is 1. The van der Waals surface area contributed by atoms with Crippen LogP contribution in [0, 0.1) is 0 Å². The highest BCUT2D eigenvalue weighted by molar-refractivity contribution is 9.10. The minimum atomic E-state index is -4.04. The highest BCUT2D eigenvalue weighted by Crippen LogP contribution is 2.45. The number of hydrogen-bond acceptors (Lipinski definition) is 3. The van der Waals surface area contributed by atoms with Crippen LogP contribution in [-0.2, 0) is 10.0 Å². The van der Waals surface area contributed by atoms with Gasteiger partial charge in [-0.05, 0) is 49.2 Å². The third kappa shape index (κ3) is 2.85. The monoisotopic (exact) mass is 459 g/mol. The first-order valence-corrected chi connectivity index (χ1v) is 10.5. The SMILES string of the molecule is O=S(=O)(c1cc(Br)cc(Cl)c1O)n1c(C2CC2)cc2cc(Cl)ccc21. The summed E-state index contributed by atoms with van der Waals surface area (Å²) in [6, 6.07) is 9.73. The van der Waals surface area contributed by atoms with Crippen molar-refractivity contribution in [2.75, 3.05) is 0 Å². The predicted molar refractivity (Wildman–Crippen MR) is 102 cm³/mol. The fraction of sp³-hybridized carbons (Fsp3) is 0.176.